The SMILES string of the molecule is Oc1ccccc1C=N[C@@H](C1C=CC=C1)[C@@H](N=Cc1ccccc1O)C1C=CC=C1. The molecule has 30 heavy (non-hydrogen) atoms. The van der Waals surface area contributed by atoms with Crippen molar-refractivity contribution in [3.63, 3.8) is 0 Å². The molecule has 0 fully saturated rings. The minimum Gasteiger partial charge on any atom is -0.507 e. The summed E-state index contributed by atoms with van der Waals surface area (Å²) in [5, 5.41) is 20.2. The van der Waals surface area contributed by atoms with Crippen LogP contribution in [0.2, 0.25) is 0 Å². The van der Waals surface area contributed by atoms with Gasteiger partial charge in [0.2, 0.25) is 0 Å². The standard InChI is InChI=1S/C26H24N2O2/c29-23-15-7-5-13-21(23)17-27-25(19-9-1-2-10-19)26(20-11-3-4-12-20)28-18-22-14-6-8-16-24(22)30/h1-20,25-26,29-30H/t25-,26-/m0/s1. The molecular weight excluding hydrogens is 372 g/mol. The summed E-state index contributed by atoms with van der Waals surface area (Å²) in [6, 6.07) is 14.0. The van der Waals surface area contributed by atoms with Crippen LogP contribution in [0.3, 0.4) is 0 Å². The molecule has 0 spiro atoms. The highest BCUT2D eigenvalue weighted by Gasteiger charge is 2.31. The fourth-order valence-electron chi connectivity index (χ4n) is 3.71. The van der Waals surface area contributed by atoms with E-state index in [0.717, 1.165) is 0 Å². The maximum Gasteiger partial charge on any atom is 0.124 e. The molecule has 2 aromatic rings. The topological polar surface area (TPSA) is 65.2 Å². The summed E-state index contributed by atoms with van der Waals surface area (Å²) in [4.78, 5) is 9.77. The smallest absolute Gasteiger partial charge is 0.124 e. The lowest BCUT2D eigenvalue weighted by molar-refractivity contribution is 0.438. The maximum atomic E-state index is 10.1. The van der Waals surface area contributed by atoms with Crippen molar-refractivity contribution in [1.29, 1.82) is 0 Å². The molecule has 0 radical (unpaired) electrons. The highest BCUT2D eigenvalue weighted by atomic mass is 16.3. The zero-order chi connectivity index (χ0) is 20.8. The van der Waals surface area contributed by atoms with E-state index in [1.165, 1.54) is 0 Å². The Bertz CT molecular complexity index is 953. The van der Waals surface area contributed by atoms with E-state index in [1.807, 2.05) is 48.6 Å². The first-order valence-electron chi connectivity index (χ1n) is 10.0. The van der Waals surface area contributed by atoms with Gasteiger partial charge < -0.3 is 10.2 Å². The number of hydrogen-bond donors (Lipinski definition) is 2. The number of phenols is 2. The Hall–Kier alpha value is -3.66. The van der Waals surface area contributed by atoms with Gasteiger partial charge in [-0.05, 0) is 24.3 Å². The van der Waals surface area contributed by atoms with Crippen molar-refractivity contribution in [3.05, 3.63) is 108 Å². The third-order valence-corrected chi connectivity index (χ3v) is 5.34. The zero-order valence-corrected chi connectivity index (χ0v) is 16.5. The van der Waals surface area contributed by atoms with Crippen LogP contribution in [0.15, 0.2) is 107 Å². The van der Waals surface area contributed by atoms with E-state index < -0.39 is 0 Å². The van der Waals surface area contributed by atoms with Gasteiger partial charge in [-0.25, -0.2) is 0 Å². The van der Waals surface area contributed by atoms with Gasteiger partial charge in [0.25, 0.3) is 0 Å². The number of aliphatic imine (C=N–C) groups is 2. The zero-order valence-electron chi connectivity index (χ0n) is 16.5. The van der Waals surface area contributed by atoms with E-state index in [4.69, 9.17) is 9.98 Å². The largest absolute Gasteiger partial charge is 0.507 e. The van der Waals surface area contributed by atoms with Gasteiger partial charge in [-0.3, -0.25) is 9.98 Å². The third-order valence-electron chi connectivity index (χ3n) is 5.34. The number of aromatic hydroxyl groups is 2. The Kier molecular flexibility index (Phi) is 6.04. The second kappa shape index (κ2) is 9.23. The van der Waals surface area contributed by atoms with Crippen LogP contribution in [-0.2, 0) is 0 Å². The minimum absolute atomic E-state index is 0.0982. The molecule has 0 bridgehead atoms. The quantitative estimate of drug-likeness (QED) is 0.657. The van der Waals surface area contributed by atoms with Crippen LogP contribution in [0, 0.1) is 11.8 Å². The van der Waals surface area contributed by atoms with Crippen LogP contribution in [0.1, 0.15) is 11.1 Å². The van der Waals surface area contributed by atoms with Crippen LogP contribution in [0.25, 0.3) is 0 Å². The molecule has 0 saturated carbocycles. The van der Waals surface area contributed by atoms with Crippen molar-refractivity contribution in [2.45, 2.75) is 12.1 Å². The second-order valence-corrected chi connectivity index (χ2v) is 7.35. The van der Waals surface area contributed by atoms with E-state index in [1.54, 1.807) is 36.7 Å². The van der Waals surface area contributed by atoms with Gasteiger partial charge in [-0.1, -0.05) is 72.9 Å². The van der Waals surface area contributed by atoms with Crippen molar-refractivity contribution in [2.24, 2.45) is 21.8 Å². The first-order chi connectivity index (χ1) is 14.7. The summed E-state index contributed by atoms with van der Waals surface area (Å²) in [6.07, 6.45) is 20.0. The van der Waals surface area contributed by atoms with E-state index >= 15 is 0 Å². The summed E-state index contributed by atoms with van der Waals surface area (Å²) in [5.41, 5.74) is 1.35. The van der Waals surface area contributed by atoms with Crippen LogP contribution in [0.4, 0.5) is 0 Å². The number of allylic oxidation sites excluding steroid dienone is 4. The number of para-hydroxylation sites is 2. The summed E-state index contributed by atoms with van der Waals surface area (Å²) >= 11 is 0. The molecule has 4 heteroatoms. The first-order valence-corrected chi connectivity index (χ1v) is 10.0. The van der Waals surface area contributed by atoms with Gasteiger partial charge in [-0.2, -0.15) is 0 Å². The lowest BCUT2D eigenvalue weighted by Crippen LogP contribution is -2.33. The Balaban J connectivity index is 1.70. The number of phenolic OH excluding ortho intramolecular Hbond substituents is 2. The predicted molar refractivity (Wildman–Crippen MR) is 123 cm³/mol. The Morgan fingerprint density at radius 2 is 0.967 bits per heavy atom. The van der Waals surface area contributed by atoms with Gasteiger partial charge in [-0.15, -0.1) is 0 Å². The van der Waals surface area contributed by atoms with E-state index in [-0.39, 0.29) is 35.4 Å². The van der Waals surface area contributed by atoms with Crippen molar-refractivity contribution in [1.82, 2.24) is 0 Å². The van der Waals surface area contributed by atoms with Gasteiger partial charge >= 0.3 is 0 Å². The summed E-state index contributed by atoms with van der Waals surface area (Å²) in [6.45, 7) is 0. The molecule has 150 valence electrons. The first kappa shape index (κ1) is 19.6. The summed E-state index contributed by atoms with van der Waals surface area (Å²) in [5.74, 6) is 0.599. The maximum absolute atomic E-state index is 10.1. The summed E-state index contributed by atoms with van der Waals surface area (Å²) < 4.78 is 0. The van der Waals surface area contributed by atoms with Crippen LogP contribution < -0.4 is 0 Å². The molecule has 0 aromatic heterocycles. The number of nitrogens with zero attached hydrogens (tertiary/aromatic N) is 2. The number of rotatable bonds is 7. The summed E-state index contributed by atoms with van der Waals surface area (Å²) in [7, 11) is 0. The third kappa shape index (κ3) is 4.49. The van der Waals surface area contributed by atoms with Crippen molar-refractivity contribution < 1.29 is 10.2 Å². The fraction of sp³-hybridized carbons (Fsp3) is 0.154. The lowest BCUT2D eigenvalue weighted by Gasteiger charge is -2.27. The van der Waals surface area contributed by atoms with E-state index in [2.05, 4.69) is 24.3 Å². The molecule has 4 rings (SSSR count). The molecule has 2 aliphatic rings. The molecule has 2 aliphatic carbocycles. The van der Waals surface area contributed by atoms with Crippen molar-refractivity contribution in [2.75, 3.05) is 0 Å². The predicted octanol–water partition coefficient (Wildman–Crippen LogP) is 4.86. The van der Waals surface area contributed by atoms with Gasteiger partial charge in [0, 0.05) is 35.4 Å². The molecule has 4 nitrogen and oxygen atoms in total. The van der Waals surface area contributed by atoms with Gasteiger partial charge in [0.15, 0.2) is 0 Å². The van der Waals surface area contributed by atoms with Crippen LogP contribution in [0.5, 0.6) is 11.5 Å². The molecule has 0 unspecified atom stereocenters. The molecule has 2 N–H and O–H groups in total. The monoisotopic (exact) mass is 396 g/mol. The average Bonchev–Trinajstić information content (AvgIpc) is 3.47. The Morgan fingerprint density at radius 3 is 1.33 bits per heavy atom. The highest BCUT2D eigenvalue weighted by molar-refractivity contribution is 5.84. The molecule has 2 aromatic carbocycles. The van der Waals surface area contributed by atoms with E-state index in [9.17, 15) is 10.2 Å². The Morgan fingerprint density at radius 1 is 0.600 bits per heavy atom. The number of benzene rings is 2. The minimum atomic E-state index is -0.167. The average molecular weight is 396 g/mol. The van der Waals surface area contributed by atoms with E-state index in [0.29, 0.717) is 11.1 Å². The van der Waals surface area contributed by atoms with Crippen LogP contribution in [-0.4, -0.2) is 34.7 Å². The van der Waals surface area contributed by atoms with Crippen molar-refractivity contribution in [3.8, 4) is 11.5 Å². The Labute approximate surface area is 176 Å². The molecule has 0 amide bonds. The van der Waals surface area contributed by atoms with Crippen molar-refractivity contribution >= 4 is 12.4 Å². The lowest BCUT2D eigenvalue weighted by atomic mass is 9.87. The second-order valence-electron chi connectivity index (χ2n) is 7.35. The van der Waals surface area contributed by atoms with Gasteiger partial charge in [0.05, 0.1) is 12.1 Å². The normalized spacial score (nSPS) is 18.3. The molecule has 0 saturated heterocycles. The fourth-order valence-corrected chi connectivity index (χ4v) is 3.71. The highest BCUT2D eigenvalue weighted by Crippen LogP contribution is 2.29. The number of hydrogen-bond acceptors (Lipinski definition) is 4. The molecule has 0 aliphatic heterocycles. The van der Waals surface area contributed by atoms with Crippen LogP contribution >= 0.6 is 0 Å². The van der Waals surface area contributed by atoms with Gasteiger partial charge in [0.1, 0.15) is 11.5 Å². The molecular formula is C26H24N2O2. The molecule has 2 atom stereocenters. The molecule has 0 heterocycles.